The maximum absolute atomic E-state index is 12.0. The molecule has 0 saturated carbocycles. The third kappa shape index (κ3) is 2.31. The first-order chi connectivity index (χ1) is 8.03. The highest BCUT2D eigenvalue weighted by molar-refractivity contribution is 7.92. The van der Waals surface area contributed by atoms with E-state index in [-0.39, 0.29) is 4.90 Å². The van der Waals surface area contributed by atoms with Crippen molar-refractivity contribution in [1.29, 1.82) is 0 Å². The number of hydrogen-bond donors (Lipinski definition) is 2. The highest BCUT2D eigenvalue weighted by Gasteiger charge is 2.18. The van der Waals surface area contributed by atoms with Gasteiger partial charge in [-0.2, -0.15) is 10.2 Å². The number of nitrogens with zero attached hydrogens (tertiary/aromatic N) is 3. The van der Waals surface area contributed by atoms with Crippen LogP contribution in [-0.2, 0) is 23.5 Å². The van der Waals surface area contributed by atoms with E-state index in [1.165, 1.54) is 17.1 Å². The Labute approximate surface area is 98.9 Å². The van der Waals surface area contributed by atoms with Crippen LogP contribution in [0.5, 0.6) is 0 Å². The van der Waals surface area contributed by atoms with Gasteiger partial charge < -0.3 is 0 Å². The predicted molar refractivity (Wildman–Crippen MR) is 62.0 cm³/mol. The predicted octanol–water partition coefficient (Wildman–Crippen LogP) is 0.506. The van der Waals surface area contributed by atoms with Crippen LogP contribution >= 0.6 is 0 Å². The molecule has 0 aliphatic carbocycles. The average molecular weight is 255 g/mol. The number of hydrogen-bond acceptors (Lipinski definition) is 4. The van der Waals surface area contributed by atoms with Crippen LogP contribution in [0.15, 0.2) is 23.5 Å². The van der Waals surface area contributed by atoms with Gasteiger partial charge in [0.05, 0.1) is 12.4 Å². The molecule has 2 aromatic rings. The zero-order valence-corrected chi connectivity index (χ0v) is 10.3. The molecule has 7 nitrogen and oxygen atoms in total. The maximum Gasteiger partial charge on any atom is 0.266 e. The number of aromatic amines is 1. The zero-order valence-electron chi connectivity index (χ0n) is 9.51. The molecule has 0 radical (unpaired) electrons. The summed E-state index contributed by atoms with van der Waals surface area (Å²) in [5.74, 6) is 0.399. The molecule has 2 rings (SSSR count). The van der Waals surface area contributed by atoms with Gasteiger partial charge in [-0.25, -0.2) is 8.42 Å². The molecule has 8 heteroatoms. The van der Waals surface area contributed by atoms with Gasteiger partial charge in [0, 0.05) is 18.8 Å². The van der Waals surface area contributed by atoms with Crippen molar-refractivity contribution in [2.45, 2.75) is 18.2 Å². The van der Waals surface area contributed by atoms with Gasteiger partial charge >= 0.3 is 0 Å². The average Bonchev–Trinajstić information content (AvgIpc) is 2.86. The van der Waals surface area contributed by atoms with Gasteiger partial charge in [-0.15, -0.1) is 0 Å². The van der Waals surface area contributed by atoms with Gasteiger partial charge in [0.2, 0.25) is 0 Å². The molecule has 0 aliphatic heterocycles. The normalized spacial score (nSPS) is 11.6. The summed E-state index contributed by atoms with van der Waals surface area (Å²) >= 11 is 0. The number of nitrogens with one attached hydrogen (secondary N) is 2. The quantitative estimate of drug-likeness (QED) is 0.832. The van der Waals surface area contributed by atoms with Gasteiger partial charge in [0.25, 0.3) is 10.0 Å². The van der Waals surface area contributed by atoms with Crippen molar-refractivity contribution in [2.75, 3.05) is 4.72 Å². The summed E-state index contributed by atoms with van der Waals surface area (Å²) in [5.41, 5.74) is 0.817. The molecule has 17 heavy (non-hydrogen) atoms. The molecule has 2 aromatic heterocycles. The molecule has 0 aromatic carbocycles. The molecule has 0 aliphatic rings. The topological polar surface area (TPSA) is 92.7 Å². The van der Waals surface area contributed by atoms with Gasteiger partial charge in [0.15, 0.2) is 0 Å². The molecule has 0 amide bonds. The van der Waals surface area contributed by atoms with E-state index < -0.39 is 10.0 Å². The number of aryl methyl sites for hydroxylation is 2. The van der Waals surface area contributed by atoms with Crippen molar-refractivity contribution in [3.8, 4) is 0 Å². The monoisotopic (exact) mass is 255 g/mol. The van der Waals surface area contributed by atoms with Crippen LogP contribution in [0.4, 0.5) is 5.82 Å². The first-order valence-corrected chi connectivity index (χ1v) is 6.55. The summed E-state index contributed by atoms with van der Waals surface area (Å²) in [6, 6.07) is 0. The lowest BCUT2D eigenvalue weighted by Gasteiger charge is -2.04. The Hall–Kier alpha value is -1.83. The van der Waals surface area contributed by atoms with Crippen LogP contribution in [0, 0.1) is 0 Å². The van der Waals surface area contributed by atoms with E-state index in [9.17, 15) is 8.42 Å². The second-order valence-electron chi connectivity index (χ2n) is 3.58. The Balaban J connectivity index is 2.29. The molecule has 0 unspecified atom stereocenters. The molecule has 2 heterocycles. The molecule has 0 fully saturated rings. The fraction of sp³-hybridized carbons (Fsp3) is 0.333. The van der Waals surface area contributed by atoms with Gasteiger partial charge in [-0.1, -0.05) is 6.92 Å². The minimum atomic E-state index is -3.60. The van der Waals surface area contributed by atoms with Gasteiger partial charge in [-0.05, 0) is 6.42 Å². The summed E-state index contributed by atoms with van der Waals surface area (Å²) in [7, 11) is -1.94. The fourth-order valence-corrected chi connectivity index (χ4v) is 2.44. The second kappa shape index (κ2) is 4.21. The van der Waals surface area contributed by atoms with E-state index in [0.29, 0.717) is 12.2 Å². The highest BCUT2D eigenvalue weighted by atomic mass is 32.2. The molecule has 0 atom stereocenters. The van der Waals surface area contributed by atoms with Crippen molar-refractivity contribution in [1.82, 2.24) is 20.0 Å². The molecular formula is C9H13N5O2S. The van der Waals surface area contributed by atoms with Crippen LogP contribution in [0.25, 0.3) is 0 Å². The van der Waals surface area contributed by atoms with Crippen LogP contribution in [0.2, 0.25) is 0 Å². The van der Waals surface area contributed by atoms with Crippen molar-refractivity contribution >= 4 is 15.8 Å². The summed E-state index contributed by atoms with van der Waals surface area (Å²) in [6.07, 6.45) is 5.02. The Kier molecular flexibility index (Phi) is 2.88. The molecule has 0 bridgehead atoms. The number of sulfonamides is 1. The fourth-order valence-electron chi connectivity index (χ4n) is 1.40. The summed E-state index contributed by atoms with van der Waals surface area (Å²) in [4.78, 5) is 0.122. The van der Waals surface area contributed by atoms with Crippen molar-refractivity contribution in [3.05, 3.63) is 24.2 Å². The first kappa shape index (κ1) is 11.6. The molecule has 0 spiro atoms. The third-order valence-corrected chi connectivity index (χ3v) is 3.63. The summed E-state index contributed by atoms with van der Waals surface area (Å²) < 4.78 is 27.8. The second-order valence-corrected chi connectivity index (χ2v) is 5.26. The lowest BCUT2D eigenvalue weighted by atomic mass is 10.3. The molecule has 92 valence electrons. The minimum Gasteiger partial charge on any atom is -0.274 e. The van der Waals surface area contributed by atoms with E-state index in [1.807, 2.05) is 6.92 Å². The van der Waals surface area contributed by atoms with E-state index >= 15 is 0 Å². The van der Waals surface area contributed by atoms with E-state index in [1.54, 1.807) is 13.2 Å². The van der Waals surface area contributed by atoms with Crippen LogP contribution in [0.3, 0.4) is 0 Å². The van der Waals surface area contributed by atoms with Crippen LogP contribution in [-0.4, -0.2) is 28.4 Å². The zero-order chi connectivity index (χ0) is 12.5. The van der Waals surface area contributed by atoms with Crippen molar-refractivity contribution in [2.24, 2.45) is 7.05 Å². The molecular weight excluding hydrogens is 242 g/mol. The standard InChI is InChI=1S/C9H13N5O2S/c1-3-7-4-10-12-9(7)13-17(15,16)8-5-11-14(2)6-8/h4-6H,3H2,1-2H3,(H2,10,12,13). The smallest absolute Gasteiger partial charge is 0.266 e. The Morgan fingerprint density at radius 2 is 2.24 bits per heavy atom. The van der Waals surface area contributed by atoms with Crippen LogP contribution in [0.1, 0.15) is 12.5 Å². The van der Waals surface area contributed by atoms with Crippen molar-refractivity contribution in [3.63, 3.8) is 0 Å². The summed E-state index contributed by atoms with van der Waals surface area (Å²) in [6.45, 7) is 1.92. The van der Waals surface area contributed by atoms with E-state index in [4.69, 9.17) is 0 Å². The minimum absolute atomic E-state index is 0.122. The van der Waals surface area contributed by atoms with Gasteiger partial charge in [-0.3, -0.25) is 14.5 Å². The number of H-pyrrole nitrogens is 1. The molecule has 2 N–H and O–H groups in total. The Bertz CT molecular complexity index is 613. The van der Waals surface area contributed by atoms with Crippen LogP contribution < -0.4 is 4.72 Å². The number of aromatic nitrogens is 4. The Morgan fingerprint density at radius 3 is 2.82 bits per heavy atom. The number of rotatable bonds is 4. The Morgan fingerprint density at radius 1 is 1.47 bits per heavy atom. The maximum atomic E-state index is 12.0. The van der Waals surface area contributed by atoms with Crippen molar-refractivity contribution < 1.29 is 8.42 Å². The van der Waals surface area contributed by atoms with E-state index in [2.05, 4.69) is 20.0 Å². The lowest BCUT2D eigenvalue weighted by Crippen LogP contribution is -2.13. The number of anilines is 1. The SMILES string of the molecule is CCc1cn[nH]c1NS(=O)(=O)c1cnn(C)c1. The van der Waals surface area contributed by atoms with E-state index in [0.717, 1.165) is 5.56 Å². The largest absolute Gasteiger partial charge is 0.274 e. The van der Waals surface area contributed by atoms with Gasteiger partial charge in [0.1, 0.15) is 10.7 Å². The third-order valence-electron chi connectivity index (χ3n) is 2.33. The first-order valence-electron chi connectivity index (χ1n) is 5.06. The lowest BCUT2D eigenvalue weighted by molar-refractivity contribution is 0.600. The summed E-state index contributed by atoms with van der Waals surface area (Å²) in [5, 5.41) is 10.3. The molecule has 0 saturated heterocycles. The highest BCUT2D eigenvalue weighted by Crippen LogP contribution is 2.17.